The van der Waals surface area contributed by atoms with Crippen LogP contribution in [0.5, 0.6) is 0 Å². The summed E-state index contributed by atoms with van der Waals surface area (Å²) in [6.45, 7) is 16.1. The van der Waals surface area contributed by atoms with E-state index in [9.17, 15) is 35.1 Å². The van der Waals surface area contributed by atoms with E-state index in [1.165, 1.54) is 115 Å². The van der Waals surface area contributed by atoms with Gasteiger partial charge in [-0.1, -0.05) is 50.8 Å². The molecule has 0 aromatic carbocycles. The van der Waals surface area contributed by atoms with E-state index in [1.54, 1.807) is 6.08 Å². The smallest absolute Gasteiger partial charge is 0.244 e. The molecule has 0 aromatic rings. The van der Waals surface area contributed by atoms with Crippen molar-refractivity contribution in [2.75, 3.05) is 20.3 Å². The van der Waals surface area contributed by atoms with Crippen LogP contribution < -0.4 is 10.6 Å². The van der Waals surface area contributed by atoms with Crippen molar-refractivity contribution in [3.05, 3.63) is 24.3 Å². The zero-order chi connectivity index (χ0) is 41.7. The number of allylic oxidation sites excluding steroid dienone is 3. The molecule has 2 saturated heterocycles. The Kier molecular flexibility index (Phi) is 15.4. The maximum atomic E-state index is 13.7. The Labute approximate surface area is 324 Å². The van der Waals surface area contributed by atoms with Gasteiger partial charge in [0.15, 0.2) is 11.6 Å². The second-order valence-electron chi connectivity index (χ2n) is 17.2. The number of unbranched alkanes of at least 4 members (excludes halogenated alkanes) is 8. The summed E-state index contributed by atoms with van der Waals surface area (Å²) in [7, 11) is 1.34. The van der Waals surface area contributed by atoms with Crippen LogP contribution in [0.4, 0.5) is 0 Å². The first-order chi connectivity index (χ1) is 24.7. The molecule has 0 aliphatic carbocycles. The van der Waals surface area contributed by atoms with Gasteiger partial charge in [-0.05, 0) is 114 Å². The standard InChI is InChI=1S/C41H74N2O11/c1-14-15-16-17-18-19-20-21-22-23-24-25-26-27-31(47)43-34(5)37(8,49)36(7,48)32(3,28-44)52-41(34,12)54-39(10)33(4,29-45)53-40(11,51-13)35(6,38(39,9)50)42-30(2)46/h19-20,26-27,44-45,48-50H,14-18,21-25,28-29H2,1-13H3,(H,42,46)(H,43,47)/b20-19+,27-26?/t32?,33?,34?,35?,36-,37-,38-,39-,40-,41+/m1/s1. The minimum atomic E-state index is -2.30. The Morgan fingerprint density at radius 2 is 1.09 bits per heavy atom. The fourth-order valence-electron chi connectivity index (χ4n) is 8.40. The van der Waals surface area contributed by atoms with E-state index in [2.05, 4.69) is 29.7 Å². The lowest BCUT2D eigenvalue weighted by molar-refractivity contribution is -0.491. The lowest BCUT2D eigenvalue weighted by Crippen LogP contribution is -2.92. The van der Waals surface area contributed by atoms with Gasteiger partial charge in [0.05, 0.1) is 13.2 Å². The van der Waals surface area contributed by atoms with Crippen LogP contribution in [-0.2, 0) is 28.5 Å². The van der Waals surface area contributed by atoms with Gasteiger partial charge in [0.1, 0.15) is 44.7 Å². The fraction of sp³-hybridized carbons (Fsp3) is 0.854. The maximum Gasteiger partial charge on any atom is 0.244 e. The third kappa shape index (κ3) is 8.09. The molecule has 0 aromatic heterocycles. The number of ether oxygens (including phenoxy) is 4. The van der Waals surface area contributed by atoms with Crippen molar-refractivity contribution in [3.63, 3.8) is 0 Å². The summed E-state index contributed by atoms with van der Waals surface area (Å²) in [4.78, 5) is 26.4. The molecule has 10 atom stereocenters. The van der Waals surface area contributed by atoms with E-state index in [0.29, 0.717) is 6.42 Å². The molecule has 2 heterocycles. The van der Waals surface area contributed by atoms with Crippen LogP contribution in [0.15, 0.2) is 24.3 Å². The summed E-state index contributed by atoms with van der Waals surface area (Å²) in [5.41, 5.74) is -16.3. The van der Waals surface area contributed by atoms with E-state index in [4.69, 9.17) is 18.9 Å². The van der Waals surface area contributed by atoms with E-state index in [1.807, 2.05) is 0 Å². The van der Waals surface area contributed by atoms with Crippen molar-refractivity contribution in [1.82, 2.24) is 10.6 Å². The van der Waals surface area contributed by atoms with Crippen molar-refractivity contribution in [3.8, 4) is 0 Å². The molecular weight excluding hydrogens is 696 g/mol. The number of carbonyl (C=O) groups excluding carboxylic acids is 2. The predicted octanol–water partition coefficient (Wildman–Crippen LogP) is 4.46. The molecular formula is C41H74N2O11. The van der Waals surface area contributed by atoms with Crippen molar-refractivity contribution in [2.24, 2.45) is 0 Å². The number of methoxy groups -OCH3 is 1. The third-order valence-corrected chi connectivity index (χ3v) is 13.6. The van der Waals surface area contributed by atoms with Crippen LogP contribution >= 0.6 is 0 Å². The maximum absolute atomic E-state index is 13.7. The van der Waals surface area contributed by atoms with Gasteiger partial charge in [0.2, 0.25) is 11.8 Å². The Balaban J connectivity index is 2.52. The van der Waals surface area contributed by atoms with Gasteiger partial charge >= 0.3 is 0 Å². The average molecular weight is 771 g/mol. The normalized spacial score (nSPS) is 42.8. The topological polar surface area (TPSA) is 196 Å². The SMILES string of the molecule is CCCCCC/C=C/CCCCCC=CC(=O)NC1(C)[C@](C)(O[C@]2(C)C(C)(CO)O[C@@](C)(OC)C(C)(NC(C)=O)[C@@]2(C)O)OC(C)(CO)[C@@](C)(O)[C@]1(C)O. The number of aliphatic hydroxyl groups excluding tert-OH is 2. The minimum absolute atomic E-state index is 0.527. The second kappa shape index (κ2) is 17.3. The highest BCUT2D eigenvalue weighted by Gasteiger charge is 2.81. The zero-order valence-electron chi connectivity index (χ0n) is 35.5. The lowest BCUT2D eigenvalue weighted by atomic mass is 9.57. The largest absolute Gasteiger partial charge is 0.393 e. The number of nitrogens with one attached hydrogen (secondary N) is 2. The summed E-state index contributed by atoms with van der Waals surface area (Å²) >= 11 is 0. The molecule has 314 valence electrons. The molecule has 2 aliphatic heterocycles. The molecule has 0 radical (unpaired) electrons. The van der Waals surface area contributed by atoms with Gasteiger partial charge in [-0.25, -0.2) is 0 Å². The first-order valence-corrected chi connectivity index (χ1v) is 19.6. The van der Waals surface area contributed by atoms with E-state index in [0.717, 1.165) is 32.1 Å². The molecule has 2 aliphatic rings. The first kappa shape index (κ1) is 48.2. The Morgan fingerprint density at radius 3 is 1.56 bits per heavy atom. The first-order valence-electron chi connectivity index (χ1n) is 19.6. The Bertz CT molecular complexity index is 1350. The van der Waals surface area contributed by atoms with Gasteiger partial charge in [0.25, 0.3) is 0 Å². The third-order valence-electron chi connectivity index (χ3n) is 13.6. The number of aliphatic hydroxyl groups is 5. The van der Waals surface area contributed by atoms with Crippen LogP contribution in [-0.4, -0.2) is 114 Å². The van der Waals surface area contributed by atoms with Crippen molar-refractivity contribution >= 4 is 11.8 Å². The van der Waals surface area contributed by atoms with Gasteiger partial charge in [-0.3, -0.25) is 9.59 Å². The summed E-state index contributed by atoms with van der Waals surface area (Å²) < 4.78 is 25.7. The predicted molar refractivity (Wildman–Crippen MR) is 207 cm³/mol. The molecule has 7 N–H and O–H groups in total. The highest BCUT2D eigenvalue weighted by molar-refractivity contribution is 5.88. The lowest BCUT2D eigenvalue weighted by Gasteiger charge is -2.72. The number of carbonyl (C=O) groups is 2. The van der Waals surface area contributed by atoms with Crippen LogP contribution in [0.1, 0.15) is 147 Å². The average Bonchev–Trinajstić information content (AvgIpc) is 3.07. The summed E-state index contributed by atoms with van der Waals surface area (Å²) in [5.74, 6) is -5.10. The molecule has 2 rings (SSSR count). The number of hydrogen-bond donors (Lipinski definition) is 7. The molecule has 2 amide bonds. The second-order valence-corrected chi connectivity index (χ2v) is 17.2. The van der Waals surface area contributed by atoms with Gasteiger partial charge < -0.3 is 55.1 Å². The molecule has 0 bridgehead atoms. The molecule has 54 heavy (non-hydrogen) atoms. The van der Waals surface area contributed by atoms with Crippen LogP contribution in [0.2, 0.25) is 0 Å². The number of hydrogen-bond acceptors (Lipinski definition) is 11. The number of rotatable bonds is 19. The zero-order valence-corrected chi connectivity index (χ0v) is 35.5. The molecule has 0 spiro atoms. The summed E-state index contributed by atoms with van der Waals surface area (Å²) in [6, 6.07) is 0. The van der Waals surface area contributed by atoms with Crippen LogP contribution in [0.25, 0.3) is 0 Å². The molecule has 13 heteroatoms. The highest BCUT2D eigenvalue weighted by atomic mass is 16.8. The monoisotopic (exact) mass is 771 g/mol. The summed E-state index contributed by atoms with van der Waals surface area (Å²) in [5, 5.41) is 64.4. The van der Waals surface area contributed by atoms with E-state index < -0.39 is 81.3 Å². The Hall–Kier alpha value is -1.94. The van der Waals surface area contributed by atoms with E-state index in [-0.39, 0.29) is 0 Å². The Morgan fingerprint density at radius 1 is 0.630 bits per heavy atom. The van der Waals surface area contributed by atoms with Gasteiger partial charge in [0, 0.05) is 14.0 Å². The van der Waals surface area contributed by atoms with Gasteiger partial charge in [-0.2, -0.15) is 0 Å². The van der Waals surface area contributed by atoms with Crippen molar-refractivity contribution < 1.29 is 54.1 Å². The highest BCUT2D eigenvalue weighted by Crippen LogP contribution is 2.60. The van der Waals surface area contributed by atoms with Crippen molar-refractivity contribution in [2.45, 2.75) is 204 Å². The molecule has 2 fully saturated rings. The van der Waals surface area contributed by atoms with Crippen LogP contribution in [0.3, 0.4) is 0 Å². The summed E-state index contributed by atoms with van der Waals surface area (Å²) in [6.07, 6.45) is 18.3. The molecule has 13 nitrogen and oxygen atoms in total. The quantitative estimate of drug-likeness (QED) is 0.0557. The molecule has 4 unspecified atom stereocenters. The minimum Gasteiger partial charge on any atom is -0.393 e. The van der Waals surface area contributed by atoms with E-state index >= 15 is 0 Å². The van der Waals surface area contributed by atoms with Crippen molar-refractivity contribution in [1.29, 1.82) is 0 Å². The van der Waals surface area contributed by atoms with Gasteiger partial charge in [-0.15, -0.1) is 0 Å². The van der Waals surface area contributed by atoms with Crippen LogP contribution in [0, 0.1) is 0 Å². The number of amides is 2. The molecule has 0 saturated carbocycles. The fourth-order valence-corrected chi connectivity index (χ4v) is 8.40.